The zero-order chi connectivity index (χ0) is 66.8. The van der Waals surface area contributed by atoms with Crippen LogP contribution in [0.15, 0.2) is 0 Å². The summed E-state index contributed by atoms with van der Waals surface area (Å²) in [6, 6.07) is 0. The first-order valence-corrected chi connectivity index (χ1v) is 39.8. The fraction of sp³-hybridized carbons (Fsp3) is 0.944. The van der Waals surface area contributed by atoms with E-state index in [1.54, 1.807) is 0 Å². The molecule has 0 amide bonds. The Labute approximate surface area is 549 Å². The highest BCUT2D eigenvalue weighted by Gasteiger charge is 2.30. The minimum absolute atomic E-state index is 0.102. The highest BCUT2D eigenvalue weighted by molar-refractivity contribution is 7.47. The van der Waals surface area contributed by atoms with Crippen LogP contribution in [-0.2, 0) is 65.4 Å². The fourth-order valence-electron chi connectivity index (χ4n) is 10.6. The van der Waals surface area contributed by atoms with Crippen LogP contribution in [0.4, 0.5) is 0 Å². The van der Waals surface area contributed by atoms with E-state index in [9.17, 15) is 43.2 Å². The molecule has 90 heavy (non-hydrogen) atoms. The number of phosphoric ester groups is 2. The predicted octanol–water partition coefficient (Wildman–Crippen LogP) is 20.1. The number of carbonyl (C=O) groups is 4. The number of unbranched alkanes of at least 4 members (excludes halogenated alkanes) is 32. The van der Waals surface area contributed by atoms with E-state index < -0.39 is 97.5 Å². The highest BCUT2D eigenvalue weighted by atomic mass is 31.2. The lowest BCUT2D eigenvalue weighted by Gasteiger charge is -2.21. The van der Waals surface area contributed by atoms with E-state index in [0.29, 0.717) is 31.6 Å². The summed E-state index contributed by atoms with van der Waals surface area (Å²) < 4.78 is 68.3. The summed E-state index contributed by atoms with van der Waals surface area (Å²) in [6.45, 7) is 14.1. The van der Waals surface area contributed by atoms with Crippen LogP contribution in [-0.4, -0.2) is 96.7 Å². The zero-order valence-corrected chi connectivity index (χ0v) is 60.6. The highest BCUT2D eigenvalue weighted by Crippen LogP contribution is 2.45. The topological polar surface area (TPSA) is 237 Å². The molecule has 0 radical (unpaired) electrons. The molecule has 0 aliphatic heterocycles. The lowest BCUT2D eigenvalue weighted by atomic mass is 9.99. The van der Waals surface area contributed by atoms with Gasteiger partial charge < -0.3 is 33.8 Å². The second kappa shape index (κ2) is 60.7. The molecule has 17 nitrogen and oxygen atoms in total. The minimum atomic E-state index is -4.95. The van der Waals surface area contributed by atoms with Gasteiger partial charge in [0.1, 0.15) is 19.3 Å². The van der Waals surface area contributed by atoms with Gasteiger partial charge in [-0.3, -0.25) is 37.3 Å². The molecule has 5 unspecified atom stereocenters. The van der Waals surface area contributed by atoms with Gasteiger partial charge in [0.15, 0.2) is 12.2 Å². The summed E-state index contributed by atoms with van der Waals surface area (Å²) in [6.07, 6.45) is 43.2. The number of aliphatic hydroxyl groups excluding tert-OH is 1. The van der Waals surface area contributed by atoms with E-state index in [0.717, 1.165) is 114 Å². The Bertz CT molecular complexity index is 1790. The number of esters is 4. The predicted molar refractivity (Wildman–Crippen MR) is 363 cm³/mol. The smallest absolute Gasteiger partial charge is 0.462 e. The van der Waals surface area contributed by atoms with Gasteiger partial charge in [0.2, 0.25) is 0 Å². The van der Waals surface area contributed by atoms with E-state index in [4.69, 9.17) is 37.0 Å². The molecule has 0 bridgehead atoms. The molecule has 0 aliphatic rings. The molecule has 0 saturated heterocycles. The Balaban J connectivity index is 5.21. The van der Waals surface area contributed by atoms with Crippen LogP contribution in [0.5, 0.6) is 0 Å². The number of aliphatic hydroxyl groups is 1. The van der Waals surface area contributed by atoms with Crippen molar-refractivity contribution in [2.24, 2.45) is 23.7 Å². The number of ether oxygens (including phenoxy) is 4. The third-order valence-electron chi connectivity index (χ3n) is 17.0. The number of hydrogen-bond acceptors (Lipinski definition) is 15. The van der Waals surface area contributed by atoms with Crippen molar-refractivity contribution in [3.05, 3.63) is 0 Å². The molecule has 0 heterocycles. The fourth-order valence-corrected chi connectivity index (χ4v) is 12.2. The Morgan fingerprint density at radius 1 is 0.311 bits per heavy atom. The molecule has 0 rings (SSSR count). The van der Waals surface area contributed by atoms with Crippen molar-refractivity contribution in [1.29, 1.82) is 0 Å². The molecule has 0 saturated carbocycles. The molecular weight excluding hydrogens is 1190 g/mol. The van der Waals surface area contributed by atoms with Gasteiger partial charge in [0.25, 0.3) is 0 Å². The molecule has 3 N–H and O–H groups in total. The first-order valence-electron chi connectivity index (χ1n) is 36.8. The maximum absolute atomic E-state index is 13.0. The molecule has 534 valence electrons. The largest absolute Gasteiger partial charge is 0.472 e. The maximum Gasteiger partial charge on any atom is 0.472 e. The second-order valence-corrected chi connectivity index (χ2v) is 30.0. The first-order chi connectivity index (χ1) is 43.2. The summed E-state index contributed by atoms with van der Waals surface area (Å²) in [4.78, 5) is 72.5. The van der Waals surface area contributed by atoms with Gasteiger partial charge in [-0.2, -0.15) is 0 Å². The monoisotopic (exact) mass is 1320 g/mol. The van der Waals surface area contributed by atoms with Crippen LogP contribution in [0, 0.1) is 23.7 Å². The Morgan fingerprint density at radius 3 is 0.789 bits per heavy atom. The van der Waals surface area contributed by atoms with E-state index in [1.165, 1.54) is 148 Å². The normalized spacial score (nSPS) is 14.9. The first kappa shape index (κ1) is 88.1. The summed E-state index contributed by atoms with van der Waals surface area (Å²) in [5, 5.41) is 10.6. The van der Waals surface area contributed by atoms with Crippen LogP contribution >= 0.6 is 15.6 Å². The van der Waals surface area contributed by atoms with Crippen molar-refractivity contribution in [2.45, 2.75) is 369 Å². The Hall–Kier alpha value is -1.94. The van der Waals surface area contributed by atoms with Crippen molar-refractivity contribution in [1.82, 2.24) is 0 Å². The Morgan fingerprint density at radius 2 is 0.533 bits per heavy atom. The van der Waals surface area contributed by atoms with Crippen molar-refractivity contribution in [3.8, 4) is 0 Å². The number of rotatable bonds is 68. The Kier molecular flexibility index (Phi) is 59.4. The summed E-state index contributed by atoms with van der Waals surface area (Å²) in [5.74, 6) is 0.868. The zero-order valence-electron chi connectivity index (χ0n) is 58.8. The van der Waals surface area contributed by atoms with Gasteiger partial charge in [0, 0.05) is 25.7 Å². The van der Waals surface area contributed by atoms with Crippen LogP contribution in [0.2, 0.25) is 0 Å². The van der Waals surface area contributed by atoms with Crippen molar-refractivity contribution in [3.63, 3.8) is 0 Å². The van der Waals surface area contributed by atoms with Crippen molar-refractivity contribution >= 4 is 39.5 Å². The summed E-state index contributed by atoms with van der Waals surface area (Å²) in [5.41, 5.74) is 0. The molecule has 0 aromatic rings. The molecular formula is C71H138O17P2. The van der Waals surface area contributed by atoms with E-state index in [2.05, 4.69) is 55.4 Å². The quantitative estimate of drug-likeness (QED) is 0.0222. The average molecular weight is 1330 g/mol. The maximum atomic E-state index is 13.0. The molecule has 0 aliphatic carbocycles. The molecule has 0 fully saturated rings. The second-order valence-electron chi connectivity index (χ2n) is 27.1. The number of hydrogen-bond donors (Lipinski definition) is 3. The van der Waals surface area contributed by atoms with Crippen molar-refractivity contribution < 1.29 is 80.2 Å². The van der Waals surface area contributed by atoms with Crippen LogP contribution in [0.25, 0.3) is 0 Å². The van der Waals surface area contributed by atoms with E-state index in [1.807, 2.05) is 0 Å². The minimum Gasteiger partial charge on any atom is -0.462 e. The van der Waals surface area contributed by atoms with Gasteiger partial charge in [-0.15, -0.1) is 0 Å². The molecule has 0 aromatic carbocycles. The molecule has 0 spiro atoms. The van der Waals surface area contributed by atoms with Gasteiger partial charge in [0.05, 0.1) is 26.4 Å². The van der Waals surface area contributed by atoms with E-state index >= 15 is 0 Å². The van der Waals surface area contributed by atoms with E-state index in [-0.39, 0.29) is 25.7 Å². The lowest BCUT2D eigenvalue weighted by Crippen LogP contribution is -2.30. The van der Waals surface area contributed by atoms with Crippen LogP contribution in [0.3, 0.4) is 0 Å². The lowest BCUT2D eigenvalue weighted by molar-refractivity contribution is -0.161. The summed E-state index contributed by atoms with van der Waals surface area (Å²) in [7, 11) is -9.90. The summed E-state index contributed by atoms with van der Waals surface area (Å²) >= 11 is 0. The van der Waals surface area contributed by atoms with Crippen LogP contribution in [0.1, 0.15) is 351 Å². The average Bonchev–Trinajstić information content (AvgIpc) is 3.52. The van der Waals surface area contributed by atoms with Gasteiger partial charge in [-0.1, -0.05) is 299 Å². The van der Waals surface area contributed by atoms with Gasteiger partial charge >= 0.3 is 39.5 Å². The van der Waals surface area contributed by atoms with Gasteiger partial charge in [-0.25, -0.2) is 9.13 Å². The molecule has 0 aromatic heterocycles. The number of carbonyl (C=O) groups excluding carboxylic acids is 4. The molecule has 7 atom stereocenters. The van der Waals surface area contributed by atoms with Gasteiger partial charge in [-0.05, 0) is 49.4 Å². The SMILES string of the molecule is CCC(C)CCCCCCCCCCC(=O)O[C@H](COC(=O)CCCCCCCCCCCCCCCCCC(C)C)COP(=O)(O)OCC(O)COP(=O)(O)OC[C@@H](COC(=O)CCCCCCCCCC(C)C)OC(=O)CCCCCCCCC(C)CC. The third-order valence-corrected chi connectivity index (χ3v) is 18.9. The standard InChI is InChI=1S/C71H138O17P2/c1-9-63(7)49-41-33-25-20-21-27-37-45-53-70(75)87-66(57-81-68(73)51-43-35-26-19-17-15-13-11-12-14-16-18-23-31-39-47-61(3)4)59-85-89(77,78)83-55-65(72)56-84-90(79,80)86-60-67(88-71(76)54-46-38-30-29-34-42-50-64(8)10-2)58-82-69(74)52-44-36-28-22-24-32-40-48-62(5)6/h61-67,72H,9-60H2,1-8H3,(H,77,78)(H,79,80)/t63?,64?,65?,66-,67-/m1/s1. The van der Waals surface area contributed by atoms with Crippen LogP contribution < -0.4 is 0 Å². The molecule has 19 heteroatoms. The number of phosphoric acid groups is 2. The van der Waals surface area contributed by atoms with Crippen molar-refractivity contribution in [2.75, 3.05) is 39.6 Å². The third kappa shape index (κ3) is 62.2.